The van der Waals surface area contributed by atoms with Crippen molar-refractivity contribution in [1.82, 2.24) is 9.21 Å². The average Bonchev–Trinajstić information content (AvgIpc) is 2.78. The van der Waals surface area contributed by atoms with Crippen LogP contribution in [0.1, 0.15) is 15.9 Å². The van der Waals surface area contributed by atoms with E-state index in [1.807, 2.05) is 6.07 Å². The number of nitriles is 1. The Morgan fingerprint density at radius 2 is 1.59 bits per heavy atom. The van der Waals surface area contributed by atoms with Gasteiger partial charge in [-0.15, -0.1) is 0 Å². The molecule has 2 aromatic rings. The molecule has 4 rings (SSSR count). The van der Waals surface area contributed by atoms with Crippen LogP contribution in [0.25, 0.3) is 0 Å². The van der Waals surface area contributed by atoms with Gasteiger partial charge in [-0.05, 0) is 36.4 Å². The van der Waals surface area contributed by atoms with Gasteiger partial charge in [0.25, 0.3) is 5.91 Å². The zero-order chi connectivity index (χ0) is 20.4. The molecular formula is C20H19N3O5S. The predicted molar refractivity (Wildman–Crippen MR) is 103 cm³/mol. The summed E-state index contributed by atoms with van der Waals surface area (Å²) in [7, 11) is -3.69. The molecule has 0 aliphatic carbocycles. The lowest BCUT2D eigenvalue weighted by atomic mass is 10.1. The van der Waals surface area contributed by atoms with E-state index in [9.17, 15) is 13.2 Å². The Morgan fingerprint density at radius 3 is 2.24 bits per heavy atom. The molecule has 29 heavy (non-hydrogen) atoms. The highest BCUT2D eigenvalue weighted by Gasteiger charge is 2.31. The van der Waals surface area contributed by atoms with E-state index in [1.54, 1.807) is 35.2 Å². The van der Waals surface area contributed by atoms with Crippen molar-refractivity contribution in [3.8, 4) is 17.6 Å². The molecular weight excluding hydrogens is 394 g/mol. The van der Waals surface area contributed by atoms with Crippen LogP contribution in [-0.2, 0) is 10.0 Å². The van der Waals surface area contributed by atoms with E-state index in [0.717, 1.165) is 0 Å². The Kier molecular flexibility index (Phi) is 5.13. The number of amides is 1. The van der Waals surface area contributed by atoms with E-state index in [-0.39, 0.29) is 23.9 Å². The van der Waals surface area contributed by atoms with Crippen LogP contribution in [-0.4, -0.2) is 62.9 Å². The maximum Gasteiger partial charge on any atom is 0.253 e. The molecule has 1 fully saturated rings. The van der Waals surface area contributed by atoms with Gasteiger partial charge in [0.2, 0.25) is 10.0 Å². The first-order valence-electron chi connectivity index (χ1n) is 9.18. The number of fused-ring (bicyclic) bond motifs is 1. The molecule has 9 heteroatoms. The Labute approximate surface area is 168 Å². The molecule has 2 aliphatic heterocycles. The van der Waals surface area contributed by atoms with Crippen molar-refractivity contribution in [3.63, 3.8) is 0 Å². The van der Waals surface area contributed by atoms with Crippen LogP contribution < -0.4 is 9.47 Å². The smallest absolute Gasteiger partial charge is 0.253 e. The van der Waals surface area contributed by atoms with Crippen molar-refractivity contribution in [2.24, 2.45) is 0 Å². The number of hydrogen-bond donors (Lipinski definition) is 0. The molecule has 1 amide bonds. The zero-order valence-corrected chi connectivity index (χ0v) is 16.4. The number of carbonyl (C=O) groups is 1. The van der Waals surface area contributed by atoms with Crippen LogP contribution in [0.15, 0.2) is 47.4 Å². The molecule has 8 nitrogen and oxygen atoms in total. The lowest BCUT2D eigenvalue weighted by Gasteiger charge is -2.34. The van der Waals surface area contributed by atoms with Crippen molar-refractivity contribution >= 4 is 15.9 Å². The van der Waals surface area contributed by atoms with Crippen LogP contribution in [0.3, 0.4) is 0 Å². The molecule has 150 valence electrons. The highest BCUT2D eigenvalue weighted by Crippen LogP contribution is 2.33. The highest BCUT2D eigenvalue weighted by molar-refractivity contribution is 7.89. The first-order valence-corrected chi connectivity index (χ1v) is 10.6. The van der Waals surface area contributed by atoms with E-state index in [4.69, 9.17) is 14.7 Å². The Bertz CT molecular complexity index is 1070. The Morgan fingerprint density at radius 1 is 0.931 bits per heavy atom. The number of ether oxygens (including phenoxy) is 2. The average molecular weight is 413 g/mol. The van der Waals surface area contributed by atoms with Gasteiger partial charge in [0.15, 0.2) is 11.5 Å². The molecule has 0 atom stereocenters. The van der Waals surface area contributed by atoms with Gasteiger partial charge in [-0.1, -0.05) is 0 Å². The fraction of sp³-hybridized carbons (Fsp3) is 0.300. The highest BCUT2D eigenvalue weighted by atomic mass is 32.2. The minimum absolute atomic E-state index is 0.147. The summed E-state index contributed by atoms with van der Waals surface area (Å²) in [5.74, 6) is 0.783. The molecule has 0 aromatic heterocycles. The number of benzene rings is 2. The molecule has 2 aliphatic rings. The SMILES string of the molecule is N#Cc1ccc(C(=O)N2CCN(S(=O)(=O)c3ccc4c(c3)OCCO4)CC2)cc1. The predicted octanol–water partition coefficient (Wildman–Crippen LogP) is 1.48. The van der Waals surface area contributed by atoms with E-state index in [0.29, 0.717) is 48.9 Å². The van der Waals surface area contributed by atoms with Crippen LogP contribution in [0, 0.1) is 11.3 Å². The van der Waals surface area contributed by atoms with Crippen LogP contribution in [0.5, 0.6) is 11.5 Å². The zero-order valence-electron chi connectivity index (χ0n) is 15.6. The third-order valence-corrected chi connectivity index (χ3v) is 6.83. The summed E-state index contributed by atoms with van der Waals surface area (Å²) in [5, 5.41) is 8.86. The second-order valence-electron chi connectivity index (χ2n) is 6.69. The molecule has 0 radical (unpaired) electrons. The second-order valence-corrected chi connectivity index (χ2v) is 8.63. The fourth-order valence-corrected chi connectivity index (χ4v) is 4.77. The van der Waals surface area contributed by atoms with Crippen LogP contribution >= 0.6 is 0 Å². The lowest BCUT2D eigenvalue weighted by Crippen LogP contribution is -2.50. The summed E-state index contributed by atoms with van der Waals surface area (Å²) in [6.07, 6.45) is 0. The summed E-state index contributed by atoms with van der Waals surface area (Å²) in [5.41, 5.74) is 0.962. The summed E-state index contributed by atoms with van der Waals surface area (Å²) >= 11 is 0. The van der Waals surface area contributed by atoms with Crippen molar-refractivity contribution in [2.45, 2.75) is 4.90 Å². The molecule has 0 N–H and O–H groups in total. The summed E-state index contributed by atoms with van der Waals surface area (Å²) in [6.45, 7) is 1.82. The second kappa shape index (κ2) is 7.73. The molecule has 0 spiro atoms. The normalized spacial score (nSPS) is 16.9. The number of piperazine rings is 1. The van der Waals surface area contributed by atoms with E-state index in [1.165, 1.54) is 16.4 Å². The summed E-state index contributed by atoms with van der Waals surface area (Å²) in [6, 6.07) is 13.0. The fourth-order valence-electron chi connectivity index (χ4n) is 3.33. The first kappa shape index (κ1) is 19.2. The van der Waals surface area contributed by atoms with Gasteiger partial charge in [0, 0.05) is 37.8 Å². The van der Waals surface area contributed by atoms with E-state index in [2.05, 4.69) is 0 Å². The maximum atomic E-state index is 13.0. The quantitative estimate of drug-likeness (QED) is 0.756. The monoisotopic (exact) mass is 413 g/mol. The van der Waals surface area contributed by atoms with Crippen LogP contribution in [0.2, 0.25) is 0 Å². The van der Waals surface area contributed by atoms with Gasteiger partial charge in [-0.2, -0.15) is 9.57 Å². The third-order valence-electron chi connectivity index (χ3n) is 4.94. The van der Waals surface area contributed by atoms with Gasteiger partial charge < -0.3 is 14.4 Å². The Hall–Kier alpha value is -3.09. The molecule has 2 aromatic carbocycles. The van der Waals surface area contributed by atoms with Crippen molar-refractivity contribution in [1.29, 1.82) is 5.26 Å². The largest absolute Gasteiger partial charge is 0.486 e. The molecule has 0 saturated carbocycles. The topological polar surface area (TPSA) is 99.9 Å². The Balaban J connectivity index is 1.44. The molecule has 0 bridgehead atoms. The summed E-state index contributed by atoms with van der Waals surface area (Å²) in [4.78, 5) is 14.4. The maximum absolute atomic E-state index is 13.0. The first-order chi connectivity index (χ1) is 14.0. The van der Waals surface area contributed by atoms with Crippen molar-refractivity contribution in [3.05, 3.63) is 53.6 Å². The number of sulfonamides is 1. The number of nitrogens with zero attached hydrogens (tertiary/aromatic N) is 3. The van der Waals surface area contributed by atoms with Gasteiger partial charge >= 0.3 is 0 Å². The standard InChI is InChI=1S/C20H19N3O5S/c21-14-15-1-3-16(4-2-15)20(24)22-7-9-23(10-8-22)29(25,26)17-5-6-18-19(13-17)28-12-11-27-18/h1-6,13H,7-12H2. The van der Waals surface area contributed by atoms with Gasteiger partial charge in [0.05, 0.1) is 16.5 Å². The summed E-state index contributed by atoms with van der Waals surface area (Å²) < 4.78 is 38.3. The minimum atomic E-state index is -3.69. The van der Waals surface area contributed by atoms with Gasteiger partial charge in [-0.3, -0.25) is 4.79 Å². The number of hydrogen-bond acceptors (Lipinski definition) is 6. The number of rotatable bonds is 3. The minimum Gasteiger partial charge on any atom is -0.486 e. The molecule has 2 heterocycles. The van der Waals surface area contributed by atoms with E-state index >= 15 is 0 Å². The van der Waals surface area contributed by atoms with Crippen molar-refractivity contribution < 1.29 is 22.7 Å². The molecule has 0 unspecified atom stereocenters. The van der Waals surface area contributed by atoms with Crippen LogP contribution in [0.4, 0.5) is 0 Å². The lowest BCUT2D eigenvalue weighted by molar-refractivity contribution is 0.0698. The third kappa shape index (κ3) is 3.77. The van der Waals surface area contributed by atoms with Gasteiger partial charge in [-0.25, -0.2) is 8.42 Å². The number of carbonyl (C=O) groups excluding carboxylic acids is 1. The molecule has 1 saturated heterocycles. The van der Waals surface area contributed by atoms with Crippen molar-refractivity contribution in [2.75, 3.05) is 39.4 Å². The van der Waals surface area contributed by atoms with E-state index < -0.39 is 10.0 Å². The van der Waals surface area contributed by atoms with Gasteiger partial charge in [0.1, 0.15) is 13.2 Å².